The van der Waals surface area contributed by atoms with Gasteiger partial charge in [-0.3, -0.25) is 0 Å². The number of benzene rings is 1. The molecule has 1 aromatic rings. The summed E-state index contributed by atoms with van der Waals surface area (Å²) in [4.78, 5) is 11.5. The molecule has 6 heteroatoms. The van der Waals surface area contributed by atoms with Gasteiger partial charge >= 0.3 is 6.03 Å². The van der Waals surface area contributed by atoms with E-state index in [1.54, 1.807) is 18.2 Å². The fourth-order valence-corrected chi connectivity index (χ4v) is 1.78. The van der Waals surface area contributed by atoms with Gasteiger partial charge in [-0.2, -0.15) is 0 Å². The van der Waals surface area contributed by atoms with Crippen molar-refractivity contribution in [2.75, 3.05) is 11.9 Å². The van der Waals surface area contributed by atoms with Gasteiger partial charge in [-0.05, 0) is 24.6 Å². The molecule has 0 spiro atoms. The summed E-state index contributed by atoms with van der Waals surface area (Å²) in [7, 11) is 0. The van der Waals surface area contributed by atoms with Gasteiger partial charge in [0.15, 0.2) is 0 Å². The first-order valence-corrected chi connectivity index (χ1v) is 5.95. The second-order valence-corrected chi connectivity index (χ2v) is 4.42. The van der Waals surface area contributed by atoms with Gasteiger partial charge in [-0.25, -0.2) is 4.79 Å². The standard InChI is InChI=1S/C11H14Cl2N2O2/c1-2-9(6-16)14-11(17)15-10-4-7(12)3-8(13)5-10/h3-5,9,16H,2,6H2,1H3,(H2,14,15,17)/t9-/m1/s1. The fraction of sp³-hybridized carbons (Fsp3) is 0.364. The molecule has 0 aliphatic heterocycles. The van der Waals surface area contributed by atoms with Gasteiger partial charge in [-0.1, -0.05) is 30.1 Å². The van der Waals surface area contributed by atoms with Crippen LogP contribution in [0.3, 0.4) is 0 Å². The number of carbonyl (C=O) groups excluding carboxylic acids is 1. The molecule has 0 aliphatic carbocycles. The lowest BCUT2D eigenvalue weighted by Gasteiger charge is -2.14. The van der Waals surface area contributed by atoms with E-state index < -0.39 is 6.03 Å². The molecule has 94 valence electrons. The average molecular weight is 277 g/mol. The number of carbonyl (C=O) groups is 1. The van der Waals surface area contributed by atoms with Gasteiger partial charge in [0.1, 0.15) is 0 Å². The Morgan fingerprint density at radius 3 is 2.41 bits per heavy atom. The second-order valence-electron chi connectivity index (χ2n) is 3.54. The van der Waals surface area contributed by atoms with E-state index in [-0.39, 0.29) is 12.6 Å². The van der Waals surface area contributed by atoms with Crippen molar-refractivity contribution in [3.05, 3.63) is 28.2 Å². The predicted molar refractivity (Wildman–Crippen MR) is 69.8 cm³/mol. The highest BCUT2D eigenvalue weighted by Gasteiger charge is 2.09. The molecule has 1 aromatic carbocycles. The maximum atomic E-state index is 11.5. The molecule has 0 radical (unpaired) electrons. The van der Waals surface area contributed by atoms with Crippen LogP contribution in [0.5, 0.6) is 0 Å². The summed E-state index contributed by atoms with van der Waals surface area (Å²) in [5.41, 5.74) is 0.507. The van der Waals surface area contributed by atoms with E-state index in [1.807, 2.05) is 6.92 Å². The third-order valence-corrected chi connectivity index (χ3v) is 2.61. The van der Waals surface area contributed by atoms with E-state index in [0.717, 1.165) is 0 Å². The summed E-state index contributed by atoms with van der Waals surface area (Å²) in [6.07, 6.45) is 0.653. The lowest BCUT2D eigenvalue weighted by Crippen LogP contribution is -2.39. The number of amides is 2. The quantitative estimate of drug-likeness (QED) is 0.792. The molecule has 0 aromatic heterocycles. The number of anilines is 1. The minimum absolute atomic E-state index is 0.0970. The van der Waals surface area contributed by atoms with Crippen molar-refractivity contribution < 1.29 is 9.90 Å². The van der Waals surface area contributed by atoms with E-state index >= 15 is 0 Å². The molecule has 0 saturated carbocycles. The first-order valence-electron chi connectivity index (χ1n) is 5.19. The molecule has 2 amide bonds. The fourth-order valence-electron chi connectivity index (χ4n) is 1.26. The lowest BCUT2D eigenvalue weighted by atomic mass is 10.2. The van der Waals surface area contributed by atoms with Gasteiger partial charge in [0.2, 0.25) is 0 Å². The van der Waals surface area contributed by atoms with Crippen LogP contribution in [0.25, 0.3) is 0 Å². The second kappa shape index (κ2) is 6.69. The minimum Gasteiger partial charge on any atom is -0.394 e. The topological polar surface area (TPSA) is 61.4 Å². The number of nitrogens with one attached hydrogen (secondary N) is 2. The molecule has 1 rings (SSSR count). The van der Waals surface area contributed by atoms with Crippen LogP contribution in [0.4, 0.5) is 10.5 Å². The predicted octanol–water partition coefficient (Wildman–Crippen LogP) is 2.89. The number of urea groups is 1. The maximum absolute atomic E-state index is 11.5. The van der Waals surface area contributed by atoms with E-state index in [4.69, 9.17) is 28.3 Å². The van der Waals surface area contributed by atoms with Crippen LogP contribution in [-0.4, -0.2) is 23.8 Å². The summed E-state index contributed by atoms with van der Waals surface area (Å²) < 4.78 is 0. The highest BCUT2D eigenvalue weighted by Crippen LogP contribution is 2.22. The smallest absolute Gasteiger partial charge is 0.319 e. The highest BCUT2D eigenvalue weighted by atomic mass is 35.5. The lowest BCUT2D eigenvalue weighted by molar-refractivity contribution is 0.222. The Balaban J connectivity index is 2.61. The van der Waals surface area contributed by atoms with Crippen molar-refractivity contribution in [3.8, 4) is 0 Å². The van der Waals surface area contributed by atoms with E-state index in [1.165, 1.54) is 0 Å². The van der Waals surface area contributed by atoms with E-state index in [9.17, 15) is 4.79 Å². The summed E-state index contributed by atoms with van der Waals surface area (Å²) >= 11 is 11.6. The van der Waals surface area contributed by atoms with Crippen molar-refractivity contribution in [1.82, 2.24) is 5.32 Å². The van der Waals surface area contributed by atoms with Crippen molar-refractivity contribution in [2.24, 2.45) is 0 Å². The zero-order chi connectivity index (χ0) is 12.8. The third kappa shape index (κ3) is 4.81. The summed E-state index contributed by atoms with van der Waals surface area (Å²) in [6, 6.07) is 4.10. The van der Waals surface area contributed by atoms with Gasteiger partial charge in [0, 0.05) is 15.7 Å². The van der Waals surface area contributed by atoms with Crippen LogP contribution >= 0.6 is 23.2 Å². The largest absolute Gasteiger partial charge is 0.394 e. The maximum Gasteiger partial charge on any atom is 0.319 e. The molecule has 0 heterocycles. The Kier molecular flexibility index (Phi) is 5.55. The third-order valence-electron chi connectivity index (χ3n) is 2.17. The Hall–Kier alpha value is -0.970. The van der Waals surface area contributed by atoms with Crippen LogP contribution in [0.15, 0.2) is 18.2 Å². The summed E-state index contributed by atoms with van der Waals surface area (Å²) in [6.45, 7) is 1.78. The Bertz CT molecular complexity index is 375. The van der Waals surface area contributed by atoms with Crippen LogP contribution in [-0.2, 0) is 0 Å². The van der Waals surface area contributed by atoms with E-state index in [2.05, 4.69) is 10.6 Å². The van der Waals surface area contributed by atoms with Gasteiger partial charge in [-0.15, -0.1) is 0 Å². The molecule has 3 N–H and O–H groups in total. The normalized spacial score (nSPS) is 12.0. The zero-order valence-corrected chi connectivity index (χ0v) is 10.8. The number of aliphatic hydroxyl groups is 1. The Labute approximate surface area is 110 Å². The summed E-state index contributed by atoms with van der Waals surface area (Å²) in [5.74, 6) is 0. The Morgan fingerprint density at radius 1 is 1.35 bits per heavy atom. The van der Waals surface area contributed by atoms with E-state index in [0.29, 0.717) is 22.2 Å². The van der Waals surface area contributed by atoms with Crippen LogP contribution in [0.1, 0.15) is 13.3 Å². The molecule has 17 heavy (non-hydrogen) atoms. The van der Waals surface area contributed by atoms with Gasteiger partial charge < -0.3 is 15.7 Å². The molecular formula is C11H14Cl2N2O2. The van der Waals surface area contributed by atoms with Crippen LogP contribution in [0.2, 0.25) is 10.0 Å². The molecule has 0 bridgehead atoms. The molecule has 0 saturated heterocycles. The summed E-state index contributed by atoms with van der Waals surface area (Å²) in [5, 5.41) is 15.0. The molecule has 0 aliphatic rings. The Morgan fingerprint density at radius 2 is 1.94 bits per heavy atom. The number of rotatable bonds is 4. The molecule has 0 fully saturated rings. The number of halogens is 2. The average Bonchev–Trinajstić information content (AvgIpc) is 2.24. The molecule has 0 unspecified atom stereocenters. The van der Waals surface area contributed by atoms with Crippen molar-refractivity contribution in [1.29, 1.82) is 0 Å². The number of aliphatic hydroxyl groups excluding tert-OH is 1. The monoisotopic (exact) mass is 276 g/mol. The van der Waals surface area contributed by atoms with Crippen molar-refractivity contribution in [2.45, 2.75) is 19.4 Å². The zero-order valence-electron chi connectivity index (χ0n) is 9.34. The molecular weight excluding hydrogens is 263 g/mol. The minimum atomic E-state index is -0.399. The number of hydrogen-bond acceptors (Lipinski definition) is 2. The van der Waals surface area contributed by atoms with Crippen molar-refractivity contribution in [3.63, 3.8) is 0 Å². The first kappa shape index (κ1) is 14.1. The van der Waals surface area contributed by atoms with Crippen molar-refractivity contribution >= 4 is 34.9 Å². The molecule has 4 nitrogen and oxygen atoms in total. The van der Waals surface area contributed by atoms with Crippen LogP contribution < -0.4 is 10.6 Å². The number of hydrogen-bond donors (Lipinski definition) is 3. The van der Waals surface area contributed by atoms with Gasteiger partial charge in [0.05, 0.1) is 12.6 Å². The van der Waals surface area contributed by atoms with Crippen LogP contribution in [0, 0.1) is 0 Å². The molecule has 1 atom stereocenters. The van der Waals surface area contributed by atoms with Gasteiger partial charge in [0.25, 0.3) is 0 Å². The first-order chi connectivity index (χ1) is 8.05. The SMILES string of the molecule is CC[C@H](CO)NC(=O)Nc1cc(Cl)cc(Cl)c1. The highest BCUT2D eigenvalue weighted by molar-refractivity contribution is 6.35.